The number of hydrogen-bond acceptors (Lipinski definition) is 1. The second-order valence-corrected chi connectivity index (χ2v) is 5.02. The van der Waals surface area contributed by atoms with E-state index in [1.165, 1.54) is 16.7 Å². The van der Waals surface area contributed by atoms with Crippen LogP contribution in [0.15, 0.2) is 34.8 Å². The van der Waals surface area contributed by atoms with Crippen LogP contribution in [-0.4, -0.2) is 5.11 Å². The molecule has 0 aromatic heterocycles. The van der Waals surface area contributed by atoms with Crippen LogP contribution >= 0.6 is 15.9 Å². The molecule has 1 nitrogen and oxygen atoms in total. The van der Waals surface area contributed by atoms with Gasteiger partial charge in [0.05, 0.1) is 4.47 Å². The molecule has 0 spiro atoms. The number of hydrogen-bond donors (Lipinski definition) is 1. The Morgan fingerprint density at radius 3 is 2.35 bits per heavy atom. The lowest BCUT2D eigenvalue weighted by atomic mass is 9.96. The first-order valence-corrected chi connectivity index (χ1v) is 6.32. The van der Waals surface area contributed by atoms with Crippen molar-refractivity contribution in [2.24, 2.45) is 0 Å². The molecule has 0 amide bonds. The molecule has 0 bridgehead atoms. The number of aromatic hydroxyl groups is 1. The molecular weight excluding hydrogens is 276 g/mol. The third-order valence-electron chi connectivity index (χ3n) is 2.95. The molecule has 17 heavy (non-hydrogen) atoms. The summed E-state index contributed by atoms with van der Waals surface area (Å²) in [5.74, 6) is 0.232. The molecular formula is C15H14BrO. The van der Waals surface area contributed by atoms with Gasteiger partial charge in [0.2, 0.25) is 0 Å². The van der Waals surface area contributed by atoms with Crippen LogP contribution in [0.25, 0.3) is 0 Å². The maximum absolute atomic E-state index is 9.44. The topological polar surface area (TPSA) is 20.2 Å². The summed E-state index contributed by atoms with van der Waals surface area (Å²) >= 11 is 3.29. The van der Waals surface area contributed by atoms with Crippen LogP contribution in [-0.2, 0) is 6.42 Å². The van der Waals surface area contributed by atoms with E-state index in [1.807, 2.05) is 6.07 Å². The number of aryl methyl sites for hydroxylation is 2. The molecule has 2 heteroatoms. The molecule has 1 radical (unpaired) electrons. The highest BCUT2D eigenvalue weighted by Gasteiger charge is 2.05. The number of rotatable bonds is 2. The minimum Gasteiger partial charge on any atom is -0.507 e. The molecule has 0 saturated carbocycles. The largest absolute Gasteiger partial charge is 0.507 e. The molecule has 1 N–H and O–H groups in total. The van der Waals surface area contributed by atoms with Gasteiger partial charge in [-0.15, -0.1) is 0 Å². The van der Waals surface area contributed by atoms with Crippen LogP contribution in [0.1, 0.15) is 22.3 Å². The molecule has 0 fully saturated rings. The highest BCUT2D eigenvalue weighted by Crippen LogP contribution is 2.26. The van der Waals surface area contributed by atoms with E-state index in [-0.39, 0.29) is 5.75 Å². The predicted molar refractivity (Wildman–Crippen MR) is 73.4 cm³/mol. The van der Waals surface area contributed by atoms with Gasteiger partial charge in [-0.2, -0.15) is 0 Å². The standard InChI is InChI=1S/C15H14BrO/c1-10-4-3-5-11(2)13(10)8-12-6-7-15(17)14(16)9-12/h3-7,17H,8H2,1-2H3. The Bertz CT molecular complexity index is 526. The fourth-order valence-corrected chi connectivity index (χ4v) is 2.31. The molecule has 0 atom stereocenters. The summed E-state index contributed by atoms with van der Waals surface area (Å²) in [6.45, 7) is 4.25. The second kappa shape index (κ2) is 4.92. The summed E-state index contributed by atoms with van der Waals surface area (Å²) in [7, 11) is 0. The summed E-state index contributed by atoms with van der Waals surface area (Å²) in [6.07, 6.45) is 0.845. The highest BCUT2D eigenvalue weighted by atomic mass is 79.9. The Kier molecular flexibility index (Phi) is 3.53. The van der Waals surface area contributed by atoms with Gasteiger partial charge in [-0.25, -0.2) is 0 Å². The van der Waals surface area contributed by atoms with Gasteiger partial charge in [-0.1, -0.05) is 24.3 Å². The van der Waals surface area contributed by atoms with E-state index in [4.69, 9.17) is 0 Å². The number of phenols is 1. The summed E-state index contributed by atoms with van der Waals surface area (Å²) < 4.78 is 0.626. The lowest BCUT2D eigenvalue weighted by Crippen LogP contribution is -1.95. The first-order chi connectivity index (χ1) is 8.08. The molecule has 0 unspecified atom stereocenters. The van der Waals surface area contributed by atoms with Crippen molar-refractivity contribution in [3.63, 3.8) is 0 Å². The summed E-state index contributed by atoms with van der Waals surface area (Å²) in [5.41, 5.74) is 5.00. The van der Waals surface area contributed by atoms with Gasteiger partial charge in [-0.3, -0.25) is 0 Å². The molecule has 2 aromatic rings. The van der Waals surface area contributed by atoms with Crippen LogP contribution in [0.4, 0.5) is 0 Å². The van der Waals surface area contributed by atoms with E-state index in [9.17, 15) is 5.11 Å². The Morgan fingerprint density at radius 1 is 1.12 bits per heavy atom. The maximum Gasteiger partial charge on any atom is 0.130 e. The van der Waals surface area contributed by atoms with Crippen molar-refractivity contribution in [3.8, 4) is 5.75 Å². The first-order valence-electron chi connectivity index (χ1n) is 5.52. The van der Waals surface area contributed by atoms with E-state index >= 15 is 0 Å². The maximum atomic E-state index is 9.44. The molecule has 2 rings (SSSR count). The minimum absolute atomic E-state index is 0.232. The summed E-state index contributed by atoms with van der Waals surface area (Å²) in [6, 6.07) is 13.1. The van der Waals surface area contributed by atoms with Crippen molar-refractivity contribution >= 4 is 15.9 Å². The van der Waals surface area contributed by atoms with Crippen LogP contribution in [0.3, 0.4) is 0 Å². The van der Waals surface area contributed by atoms with Crippen molar-refractivity contribution in [3.05, 3.63) is 63.1 Å². The zero-order valence-corrected chi connectivity index (χ0v) is 11.5. The Labute approximate surface area is 110 Å². The Balaban J connectivity index is 2.35. The van der Waals surface area contributed by atoms with Crippen LogP contribution in [0, 0.1) is 19.9 Å². The smallest absolute Gasteiger partial charge is 0.130 e. The fourth-order valence-electron chi connectivity index (χ4n) is 1.92. The lowest BCUT2D eigenvalue weighted by Gasteiger charge is -2.10. The zero-order valence-electron chi connectivity index (χ0n) is 9.92. The summed E-state index contributed by atoms with van der Waals surface area (Å²) in [5, 5.41) is 9.44. The lowest BCUT2D eigenvalue weighted by molar-refractivity contribution is 0.471. The second-order valence-electron chi connectivity index (χ2n) is 4.23. The van der Waals surface area contributed by atoms with Gasteiger partial charge in [0.25, 0.3) is 0 Å². The summed E-state index contributed by atoms with van der Waals surface area (Å²) in [4.78, 5) is 0. The third kappa shape index (κ3) is 2.70. The van der Waals surface area contributed by atoms with Crippen LogP contribution < -0.4 is 0 Å². The van der Waals surface area contributed by atoms with Gasteiger partial charge in [-0.05, 0) is 64.5 Å². The van der Waals surface area contributed by atoms with E-state index in [0.29, 0.717) is 4.47 Å². The number of phenolic OH excluding ortho intramolecular Hbond substituents is 1. The predicted octanol–water partition coefficient (Wildman–Crippen LogP) is 4.16. The monoisotopic (exact) mass is 289 g/mol. The molecule has 0 aliphatic carbocycles. The van der Waals surface area contributed by atoms with Crippen LogP contribution in [0.5, 0.6) is 5.75 Å². The quantitative estimate of drug-likeness (QED) is 0.880. The highest BCUT2D eigenvalue weighted by molar-refractivity contribution is 9.10. The molecule has 0 heterocycles. The number of halogens is 1. The molecule has 0 aliphatic heterocycles. The minimum atomic E-state index is 0.232. The van der Waals surface area contributed by atoms with Crippen LogP contribution in [0.2, 0.25) is 0 Å². The Morgan fingerprint density at radius 2 is 1.76 bits per heavy atom. The van der Waals surface area contributed by atoms with E-state index in [2.05, 4.69) is 54.0 Å². The van der Waals surface area contributed by atoms with Crippen molar-refractivity contribution in [2.45, 2.75) is 20.3 Å². The Hall–Kier alpha value is -1.28. The van der Waals surface area contributed by atoms with Crippen molar-refractivity contribution in [1.29, 1.82) is 0 Å². The van der Waals surface area contributed by atoms with E-state index in [0.717, 1.165) is 12.0 Å². The average molecular weight is 290 g/mol. The van der Waals surface area contributed by atoms with Gasteiger partial charge >= 0.3 is 0 Å². The van der Waals surface area contributed by atoms with Gasteiger partial charge in [0.15, 0.2) is 0 Å². The SMILES string of the molecule is Cc1cccc(C)c1Cc1[c]c(Br)c(O)cc1. The van der Waals surface area contributed by atoms with E-state index in [1.54, 1.807) is 6.07 Å². The molecule has 2 aromatic carbocycles. The van der Waals surface area contributed by atoms with E-state index < -0.39 is 0 Å². The van der Waals surface area contributed by atoms with Gasteiger partial charge in [0, 0.05) is 6.07 Å². The normalized spacial score (nSPS) is 10.5. The fraction of sp³-hybridized carbons (Fsp3) is 0.200. The third-order valence-corrected chi connectivity index (χ3v) is 3.55. The molecule has 87 valence electrons. The number of benzene rings is 2. The van der Waals surface area contributed by atoms with Gasteiger partial charge in [0.1, 0.15) is 5.75 Å². The average Bonchev–Trinajstić information content (AvgIpc) is 2.28. The molecule has 0 saturated heterocycles. The van der Waals surface area contributed by atoms with Gasteiger partial charge < -0.3 is 5.11 Å². The zero-order chi connectivity index (χ0) is 12.4. The molecule has 0 aliphatic rings. The van der Waals surface area contributed by atoms with Crippen molar-refractivity contribution in [2.75, 3.05) is 0 Å². The van der Waals surface area contributed by atoms with Crippen molar-refractivity contribution < 1.29 is 5.11 Å². The van der Waals surface area contributed by atoms with Crippen molar-refractivity contribution in [1.82, 2.24) is 0 Å². The first kappa shape index (κ1) is 12.2.